The number of methoxy groups -OCH3 is 2. The third kappa shape index (κ3) is 7.70. The Labute approximate surface area is 225 Å². The molecule has 0 aliphatic rings. The molecule has 0 aromatic heterocycles. The van der Waals surface area contributed by atoms with E-state index in [9.17, 15) is 22.8 Å². The molecule has 0 saturated carbocycles. The van der Waals surface area contributed by atoms with Crippen LogP contribution in [0.2, 0.25) is 5.02 Å². The summed E-state index contributed by atoms with van der Waals surface area (Å²) in [5.41, 5.74) is 1.44. The molecule has 3 aromatic carbocycles. The van der Waals surface area contributed by atoms with Gasteiger partial charge in [-0.2, -0.15) is 0 Å². The Morgan fingerprint density at radius 3 is 1.92 bits per heavy atom. The highest BCUT2D eigenvalue weighted by Gasteiger charge is 2.19. The van der Waals surface area contributed by atoms with Crippen molar-refractivity contribution >= 4 is 50.8 Å². The van der Waals surface area contributed by atoms with Gasteiger partial charge in [0.05, 0.1) is 43.8 Å². The van der Waals surface area contributed by atoms with Gasteiger partial charge >= 0.3 is 11.9 Å². The molecule has 0 bridgehead atoms. The van der Waals surface area contributed by atoms with Gasteiger partial charge < -0.3 is 19.5 Å². The summed E-state index contributed by atoms with van der Waals surface area (Å²) in [6.45, 7) is -0.285. The van der Waals surface area contributed by atoms with E-state index in [1.54, 1.807) is 36.4 Å². The molecule has 38 heavy (non-hydrogen) atoms. The van der Waals surface area contributed by atoms with E-state index in [0.717, 1.165) is 11.8 Å². The van der Waals surface area contributed by atoms with Crippen molar-refractivity contribution in [2.45, 2.75) is 6.54 Å². The van der Waals surface area contributed by atoms with Crippen molar-refractivity contribution in [1.29, 1.82) is 0 Å². The van der Waals surface area contributed by atoms with Crippen molar-refractivity contribution < 1.29 is 37.0 Å². The first kappa shape index (κ1) is 28.5. The van der Waals surface area contributed by atoms with E-state index < -0.39 is 34.5 Å². The summed E-state index contributed by atoms with van der Waals surface area (Å²) in [5, 5.41) is 3.10. The van der Waals surface area contributed by atoms with Crippen molar-refractivity contribution in [2.24, 2.45) is 0 Å². The number of hydrogen-bond acceptors (Lipinski definition) is 8. The lowest BCUT2D eigenvalue weighted by Gasteiger charge is -2.23. The second-order valence-corrected chi connectivity index (χ2v) is 10.4. The van der Waals surface area contributed by atoms with Gasteiger partial charge in [0.15, 0.2) is 6.61 Å². The predicted octanol–water partition coefficient (Wildman–Crippen LogP) is 3.90. The van der Waals surface area contributed by atoms with Gasteiger partial charge in [-0.05, 0) is 60.2 Å². The molecule has 0 radical (unpaired) electrons. The molecule has 1 amide bonds. The Bertz CT molecular complexity index is 1390. The molecule has 12 heteroatoms. The van der Waals surface area contributed by atoms with Gasteiger partial charge in [0.1, 0.15) is 5.75 Å². The van der Waals surface area contributed by atoms with Gasteiger partial charge in [-0.3, -0.25) is 9.10 Å². The van der Waals surface area contributed by atoms with Crippen LogP contribution in [0.3, 0.4) is 0 Å². The van der Waals surface area contributed by atoms with E-state index in [1.807, 2.05) is 0 Å². The first-order valence-corrected chi connectivity index (χ1v) is 13.3. The molecule has 3 rings (SSSR count). The predicted molar refractivity (Wildman–Crippen MR) is 142 cm³/mol. The van der Waals surface area contributed by atoms with Crippen molar-refractivity contribution in [3.8, 4) is 5.75 Å². The number of sulfonamides is 1. The molecular weight excluding hydrogens is 536 g/mol. The zero-order valence-electron chi connectivity index (χ0n) is 20.8. The molecule has 1 N–H and O–H groups in total. The Morgan fingerprint density at radius 1 is 0.868 bits per heavy atom. The van der Waals surface area contributed by atoms with E-state index in [0.29, 0.717) is 16.5 Å². The van der Waals surface area contributed by atoms with Crippen LogP contribution < -0.4 is 14.4 Å². The summed E-state index contributed by atoms with van der Waals surface area (Å²) in [5.74, 6) is -1.63. The van der Waals surface area contributed by atoms with Crippen molar-refractivity contribution in [2.75, 3.05) is 36.7 Å². The van der Waals surface area contributed by atoms with Crippen LogP contribution in [-0.4, -0.2) is 53.3 Å². The molecule has 0 heterocycles. The number of ether oxygens (including phenoxy) is 3. The fourth-order valence-electron chi connectivity index (χ4n) is 3.38. The van der Waals surface area contributed by atoms with Gasteiger partial charge in [0.2, 0.25) is 10.0 Å². The summed E-state index contributed by atoms with van der Waals surface area (Å²) in [6.07, 6.45) is 1.11. The van der Waals surface area contributed by atoms with E-state index in [-0.39, 0.29) is 23.4 Å². The number of carbonyl (C=O) groups is 3. The van der Waals surface area contributed by atoms with E-state index in [4.69, 9.17) is 16.3 Å². The van der Waals surface area contributed by atoms with Crippen LogP contribution in [0.5, 0.6) is 5.75 Å². The van der Waals surface area contributed by atoms with Crippen LogP contribution in [0.25, 0.3) is 0 Å². The minimum Gasteiger partial charge on any atom is -0.484 e. The third-order valence-electron chi connectivity index (χ3n) is 5.19. The normalized spacial score (nSPS) is 10.8. The molecule has 0 saturated heterocycles. The van der Waals surface area contributed by atoms with Gasteiger partial charge in [0.25, 0.3) is 5.91 Å². The zero-order valence-corrected chi connectivity index (χ0v) is 22.3. The summed E-state index contributed by atoms with van der Waals surface area (Å²) in [4.78, 5) is 36.3. The number of esters is 2. The molecule has 0 aliphatic heterocycles. The van der Waals surface area contributed by atoms with Crippen LogP contribution in [0.4, 0.5) is 11.4 Å². The number of nitrogens with zero attached hydrogens (tertiary/aromatic N) is 1. The largest absolute Gasteiger partial charge is 0.484 e. The van der Waals surface area contributed by atoms with Crippen LogP contribution in [0, 0.1) is 0 Å². The Hall–Kier alpha value is -4.09. The summed E-state index contributed by atoms with van der Waals surface area (Å²) in [6, 6.07) is 17.0. The zero-order chi connectivity index (χ0) is 27.9. The second-order valence-electron chi connectivity index (χ2n) is 8.01. The molecule has 3 aromatic rings. The number of amides is 1. The standard InChI is InChI=1S/C26H25ClN2O8S/c1-35-25(31)18-12-19(26(32)36-2)14-21(13-18)28-24(30)16-37-23-10-8-22(9-11-23)29(38(3,33)34)15-17-4-6-20(27)7-5-17/h4-14H,15-16H2,1-3H3,(H,28,30). The average molecular weight is 561 g/mol. The quantitative estimate of drug-likeness (QED) is 0.370. The number of carbonyl (C=O) groups excluding carboxylic acids is 3. The summed E-state index contributed by atoms with van der Waals surface area (Å²) >= 11 is 5.91. The number of hydrogen-bond donors (Lipinski definition) is 1. The molecular formula is C26H25ClN2O8S. The lowest BCUT2D eigenvalue weighted by molar-refractivity contribution is -0.118. The Balaban J connectivity index is 1.68. The SMILES string of the molecule is COC(=O)c1cc(NC(=O)COc2ccc(N(Cc3ccc(Cl)cc3)S(C)(=O)=O)cc2)cc(C(=O)OC)c1. The number of anilines is 2. The minimum atomic E-state index is -3.59. The summed E-state index contributed by atoms with van der Waals surface area (Å²) in [7, 11) is -1.21. The fourth-order valence-corrected chi connectivity index (χ4v) is 4.40. The van der Waals surface area contributed by atoms with E-state index in [2.05, 4.69) is 14.8 Å². The molecule has 10 nitrogen and oxygen atoms in total. The van der Waals surface area contributed by atoms with Crippen LogP contribution in [0.15, 0.2) is 66.7 Å². The topological polar surface area (TPSA) is 128 Å². The average Bonchev–Trinajstić information content (AvgIpc) is 2.90. The first-order valence-electron chi connectivity index (χ1n) is 11.1. The maximum absolute atomic E-state index is 12.5. The first-order chi connectivity index (χ1) is 18.0. The van der Waals surface area contributed by atoms with Crippen molar-refractivity contribution in [1.82, 2.24) is 0 Å². The maximum atomic E-state index is 12.5. The number of benzene rings is 3. The molecule has 0 unspecified atom stereocenters. The van der Waals surface area contributed by atoms with E-state index in [1.165, 1.54) is 48.9 Å². The Morgan fingerprint density at radius 2 is 1.42 bits per heavy atom. The molecule has 0 atom stereocenters. The number of nitrogens with one attached hydrogen (secondary N) is 1. The van der Waals surface area contributed by atoms with Crippen LogP contribution in [-0.2, 0) is 30.8 Å². The fraction of sp³-hybridized carbons (Fsp3) is 0.192. The summed E-state index contributed by atoms with van der Waals surface area (Å²) < 4.78 is 40.9. The van der Waals surface area contributed by atoms with Crippen molar-refractivity contribution in [3.05, 3.63) is 88.4 Å². The molecule has 0 aliphatic carbocycles. The van der Waals surface area contributed by atoms with E-state index >= 15 is 0 Å². The molecule has 200 valence electrons. The number of rotatable bonds is 10. The van der Waals surface area contributed by atoms with Crippen LogP contribution in [0.1, 0.15) is 26.3 Å². The highest BCUT2D eigenvalue weighted by molar-refractivity contribution is 7.92. The second kappa shape index (κ2) is 12.4. The van der Waals surface area contributed by atoms with Crippen LogP contribution >= 0.6 is 11.6 Å². The van der Waals surface area contributed by atoms with Gasteiger partial charge in [0, 0.05) is 10.7 Å². The van der Waals surface area contributed by atoms with Gasteiger partial charge in [-0.15, -0.1) is 0 Å². The van der Waals surface area contributed by atoms with Gasteiger partial charge in [-0.1, -0.05) is 23.7 Å². The molecule has 0 fully saturated rings. The monoisotopic (exact) mass is 560 g/mol. The third-order valence-corrected chi connectivity index (χ3v) is 6.59. The highest BCUT2D eigenvalue weighted by atomic mass is 35.5. The Kier molecular flexibility index (Phi) is 9.32. The lowest BCUT2D eigenvalue weighted by Crippen LogP contribution is -2.29. The maximum Gasteiger partial charge on any atom is 0.337 e. The minimum absolute atomic E-state index is 0.0521. The smallest absolute Gasteiger partial charge is 0.337 e. The highest BCUT2D eigenvalue weighted by Crippen LogP contribution is 2.24. The lowest BCUT2D eigenvalue weighted by atomic mass is 10.1. The van der Waals surface area contributed by atoms with Gasteiger partial charge in [-0.25, -0.2) is 18.0 Å². The number of halogens is 1. The van der Waals surface area contributed by atoms with Crippen molar-refractivity contribution in [3.63, 3.8) is 0 Å². The molecule has 0 spiro atoms.